The van der Waals surface area contributed by atoms with Crippen LogP contribution in [0.2, 0.25) is 0 Å². The summed E-state index contributed by atoms with van der Waals surface area (Å²) in [5, 5.41) is 13.9. The lowest BCUT2D eigenvalue weighted by Crippen LogP contribution is -1.99. The van der Waals surface area contributed by atoms with Crippen molar-refractivity contribution in [3.05, 3.63) is 52.7 Å². The van der Waals surface area contributed by atoms with Crippen molar-refractivity contribution >= 4 is 22.3 Å². The predicted octanol–water partition coefficient (Wildman–Crippen LogP) is 3.17. The molecule has 0 saturated carbocycles. The van der Waals surface area contributed by atoms with E-state index in [4.69, 9.17) is 4.42 Å². The molecule has 3 aromatic rings. The number of rotatable bonds is 3. The Morgan fingerprint density at radius 2 is 2.24 bits per heavy atom. The second kappa shape index (κ2) is 4.31. The van der Waals surface area contributed by atoms with Crippen LogP contribution in [0.5, 0.6) is 0 Å². The third kappa shape index (κ3) is 2.09. The summed E-state index contributed by atoms with van der Waals surface area (Å²) in [7, 11) is 0. The summed E-state index contributed by atoms with van der Waals surface area (Å²) in [6, 6.07) is 9.62. The summed E-state index contributed by atoms with van der Waals surface area (Å²) < 4.78 is 5.61. The first-order valence-electron chi connectivity index (χ1n) is 5.38. The van der Waals surface area contributed by atoms with Gasteiger partial charge in [0.2, 0.25) is 0 Å². The van der Waals surface area contributed by atoms with Gasteiger partial charge < -0.3 is 9.52 Å². The average molecular weight is 245 g/mol. The summed E-state index contributed by atoms with van der Waals surface area (Å²) in [5.74, 6) is 0.599. The van der Waals surface area contributed by atoms with Gasteiger partial charge in [-0.3, -0.25) is 0 Å². The maximum absolute atomic E-state index is 10.1. The highest BCUT2D eigenvalue weighted by molar-refractivity contribution is 7.09. The Balaban J connectivity index is 1.88. The molecule has 3 nitrogen and oxygen atoms in total. The zero-order valence-electron chi connectivity index (χ0n) is 9.04. The molecule has 0 aliphatic rings. The van der Waals surface area contributed by atoms with Crippen molar-refractivity contribution in [1.29, 1.82) is 0 Å². The van der Waals surface area contributed by atoms with E-state index >= 15 is 0 Å². The number of para-hydroxylation sites is 1. The van der Waals surface area contributed by atoms with E-state index < -0.39 is 6.10 Å². The average Bonchev–Trinajstić information content (AvgIpc) is 2.96. The van der Waals surface area contributed by atoms with Crippen molar-refractivity contribution in [3.63, 3.8) is 0 Å². The molecule has 86 valence electrons. The molecule has 0 bridgehead atoms. The van der Waals surface area contributed by atoms with Crippen LogP contribution in [0.4, 0.5) is 0 Å². The van der Waals surface area contributed by atoms with Gasteiger partial charge in [0.1, 0.15) is 17.4 Å². The Kier molecular flexibility index (Phi) is 2.66. The van der Waals surface area contributed by atoms with Gasteiger partial charge >= 0.3 is 0 Å². The van der Waals surface area contributed by atoms with Gasteiger partial charge in [-0.1, -0.05) is 18.2 Å². The van der Waals surface area contributed by atoms with Gasteiger partial charge in [-0.2, -0.15) is 0 Å². The molecule has 0 fully saturated rings. The van der Waals surface area contributed by atoms with E-state index in [9.17, 15) is 5.11 Å². The smallest absolute Gasteiger partial charge is 0.134 e. The molecule has 4 heteroatoms. The van der Waals surface area contributed by atoms with Crippen LogP contribution in [0.1, 0.15) is 16.9 Å². The number of hydrogen-bond acceptors (Lipinski definition) is 4. The van der Waals surface area contributed by atoms with Gasteiger partial charge in [0, 0.05) is 23.4 Å². The standard InChI is InChI=1S/C13H11NO2S/c15-10(8-13-14-5-6-17-13)12-7-9-3-1-2-4-11(9)16-12/h1-7,10,15H,8H2. The topological polar surface area (TPSA) is 46.3 Å². The molecular formula is C13H11NO2S. The predicted molar refractivity (Wildman–Crippen MR) is 67.0 cm³/mol. The lowest BCUT2D eigenvalue weighted by atomic mass is 10.2. The molecule has 17 heavy (non-hydrogen) atoms. The molecule has 1 aromatic carbocycles. The molecule has 1 unspecified atom stereocenters. The number of furan rings is 1. The quantitative estimate of drug-likeness (QED) is 0.771. The van der Waals surface area contributed by atoms with Gasteiger partial charge in [0.05, 0.1) is 5.01 Å². The highest BCUT2D eigenvalue weighted by Gasteiger charge is 2.14. The van der Waals surface area contributed by atoms with E-state index in [0.717, 1.165) is 16.0 Å². The van der Waals surface area contributed by atoms with Crippen LogP contribution in [0, 0.1) is 0 Å². The van der Waals surface area contributed by atoms with Crippen molar-refractivity contribution in [3.8, 4) is 0 Å². The van der Waals surface area contributed by atoms with Crippen molar-refractivity contribution in [2.75, 3.05) is 0 Å². The minimum atomic E-state index is -0.631. The third-order valence-electron chi connectivity index (χ3n) is 2.62. The molecule has 0 amide bonds. The van der Waals surface area contributed by atoms with E-state index in [1.165, 1.54) is 0 Å². The van der Waals surface area contributed by atoms with Crippen LogP contribution in [0.3, 0.4) is 0 Å². The number of fused-ring (bicyclic) bond motifs is 1. The fraction of sp³-hybridized carbons (Fsp3) is 0.154. The SMILES string of the molecule is OC(Cc1nccs1)c1cc2ccccc2o1. The van der Waals surface area contributed by atoms with Crippen LogP contribution in [0.15, 0.2) is 46.3 Å². The number of thiazole rings is 1. The number of aliphatic hydroxyl groups is 1. The van der Waals surface area contributed by atoms with Crippen molar-refractivity contribution in [2.45, 2.75) is 12.5 Å². The van der Waals surface area contributed by atoms with Crippen LogP contribution in [-0.2, 0) is 6.42 Å². The third-order valence-corrected chi connectivity index (χ3v) is 3.43. The summed E-state index contributed by atoms with van der Waals surface area (Å²) in [6.07, 6.45) is 1.61. The van der Waals surface area contributed by atoms with Crippen molar-refractivity contribution in [2.24, 2.45) is 0 Å². The fourth-order valence-electron chi connectivity index (χ4n) is 1.79. The first kappa shape index (κ1) is 10.5. The molecule has 0 aliphatic carbocycles. The zero-order valence-corrected chi connectivity index (χ0v) is 9.85. The number of aliphatic hydroxyl groups excluding tert-OH is 1. The second-order valence-electron chi connectivity index (χ2n) is 3.83. The Labute approximate surface area is 102 Å². The van der Waals surface area contributed by atoms with Gasteiger partial charge in [-0.25, -0.2) is 4.98 Å². The molecule has 2 aromatic heterocycles. The molecule has 1 N–H and O–H groups in total. The molecule has 0 spiro atoms. The first-order chi connectivity index (χ1) is 8.33. The van der Waals surface area contributed by atoms with Gasteiger partial charge in [-0.15, -0.1) is 11.3 Å². The molecule has 0 saturated heterocycles. The summed E-state index contributed by atoms with van der Waals surface area (Å²) >= 11 is 1.54. The highest BCUT2D eigenvalue weighted by atomic mass is 32.1. The zero-order chi connectivity index (χ0) is 11.7. The number of benzene rings is 1. The van der Waals surface area contributed by atoms with E-state index in [1.54, 1.807) is 17.5 Å². The summed E-state index contributed by atoms with van der Waals surface area (Å²) in [4.78, 5) is 4.15. The largest absolute Gasteiger partial charge is 0.458 e. The lowest BCUT2D eigenvalue weighted by Gasteiger charge is -2.04. The van der Waals surface area contributed by atoms with E-state index in [2.05, 4.69) is 4.98 Å². The maximum atomic E-state index is 10.1. The number of hydrogen-bond donors (Lipinski definition) is 1. The van der Waals surface area contributed by atoms with Gasteiger partial charge in [-0.05, 0) is 12.1 Å². The lowest BCUT2D eigenvalue weighted by molar-refractivity contribution is 0.152. The first-order valence-corrected chi connectivity index (χ1v) is 6.26. The monoisotopic (exact) mass is 245 g/mol. The van der Waals surface area contributed by atoms with Crippen LogP contribution in [-0.4, -0.2) is 10.1 Å². The highest BCUT2D eigenvalue weighted by Crippen LogP contribution is 2.26. The molecule has 1 atom stereocenters. The molecule has 3 rings (SSSR count). The summed E-state index contributed by atoms with van der Waals surface area (Å²) in [5.41, 5.74) is 0.806. The van der Waals surface area contributed by atoms with Crippen LogP contribution >= 0.6 is 11.3 Å². The maximum Gasteiger partial charge on any atom is 0.134 e. The number of nitrogens with zero attached hydrogens (tertiary/aromatic N) is 1. The second-order valence-corrected chi connectivity index (χ2v) is 4.81. The minimum absolute atomic E-state index is 0.498. The van der Waals surface area contributed by atoms with Crippen molar-refractivity contribution in [1.82, 2.24) is 4.98 Å². The fourth-order valence-corrected chi connectivity index (χ4v) is 2.44. The number of aromatic nitrogens is 1. The van der Waals surface area contributed by atoms with E-state index in [0.29, 0.717) is 12.2 Å². The molecule has 0 radical (unpaired) electrons. The normalized spacial score (nSPS) is 13.0. The Morgan fingerprint density at radius 3 is 3.00 bits per heavy atom. The summed E-state index contributed by atoms with van der Waals surface area (Å²) in [6.45, 7) is 0. The Morgan fingerprint density at radius 1 is 1.35 bits per heavy atom. The van der Waals surface area contributed by atoms with Crippen molar-refractivity contribution < 1.29 is 9.52 Å². The van der Waals surface area contributed by atoms with E-state index in [1.807, 2.05) is 35.7 Å². The van der Waals surface area contributed by atoms with E-state index in [-0.39, 0.29) is 0 Å². The van der Waals surface area contributed by atoms with Crippen LogP contribution < -0.4 is 0 Å². The molecular weight excluding hydrogens is 234 g/mol. The molecule has 2 heterocycles. The molecule has 0 aliphatic heterocycles. The minimum Gasteiger partial charge on any atom is -0.458 e. The Hall–Kier alpha value is -1.65. The van der Waals surface area contributed by atoms with Gasteiger partial charge in [0.25, 0.3) is 0 Å². The van der Waals surface area contributed by atoms with Crippen LogP contribution in [0.25, 0.3) is 11.0 Å². The Bertz CT molecular complexity index is 582. The van der Waals surface area contributed by atoms with Gasteiger partial charge in [0.15, 0.2) is 0 Å².